The molecule has 8 nitrogen and oxygen atoms in total. The summed E-state index contributed by atoms with van der Waals surface area (Å²) in [4.78, 5) is 52.6. The van der Waals surface area contributed by atoms with Crippen molar-refractivity contribution in [1.82, 2.24) is 14.7 Å². The van der Waals surface area contributed by atoms with Crippen molar-refractivity contribution < 1.29 is 23.9 Å². The van der Waals surface area contributed by atoms with Crippen LogP contribution in [-0.4, -0.2) is 99.0 Å². The second-order valence-corrected chi connectivity index (χ2v) is 23.3. The molecule has 1 aromatic rings. The minimum atomic E-state index is -1.86. The number of likely N-dealkylation sites (tertiary alicyclic amines) is 3. The number of rotatable bonds is 10. The first kappa shape index (κ1) is 46.4. The topological polar surface area (TPSA) is 79.4 Å². The van der Waals surface area contributed by atoms with Gasteiger partial charge in [0.15, 0.2) is 5.41 Å². The highest BCUT2D eigenvalue weighted by molar-refractivity contribution is 6.04. The van der Waals surface area contributed by atoms with Gasteiger partial charge in [-0.1, -0.05) is 44.5 Å². The minimum absolute atomic E-state index is 0.0321. The van der Waals surface area contributed by atoms with Crippen LogP contribution in [0.5, 0.6) is 0 Å². The largest absolute Gasteiger partial charge is 0.461 e. The van der Waals surface area contributed by atoms with Gasteiger partial charge in [0.25, 0.3) is 0 Å². The Morgan fingerprint density at radius 2 is 0.964 bits per heavy atom. The molecule has 318 valence electrons. The van der Waals surface area contributed by atoms with Gasteiger partial charge < -0.3 is 9.47 Å². The van der Waals surface area contributed by atoms with Crippen molar-refractivity contribution in [3.8, 4) is 0 Å². The average Bonchev–Trinajstić information content (AvgIpc) is 2.99. The first-order valence-corrected chi connectivity index (χ1v) is 21.4. The number of aryl methyl sites for hydroxylation is 1. The number of nitrogens with zero attached hydrogens (tertiary/aromatic N) is 3. The molecule has 0 aliphatic carbocycles. The zero-order chi connectivity index (χ0) is 42.8. The van der Waals surface area contributed by atoms with Crippen molar-refractivity contribution in [2.45, 2.75) is 219 Å². The van der Waals surface area contributed by atoms with Crippen LogP contribution < -0.4 is 0 Å². The maximum absolute atomic E-state index is 15.4. The lowest BCUT2D eigenvalue weighted by Gasteiger charge is -2.54. The van der Waals surface area contributed by atoms with Crippen LogP contribution in [0.25, 0.3) is 0 Å². The smallest absolute Gasteiger partial charge is 0.324 e. The predicted octanol–water partition coefficient (Wildman–Crippen LogP) is 9.46. The van der Waals surface area contributed by atoms with Gasteiger partial charge in [-0.2, -0.15) is 0 Å². The predicted molar refractivity (Wildman–Crippen MR) is 229 cm³/mol. The molecule has 0 amide bonds. The number of piperidine rings is 3. The molecule has 0 unspecified atom stereocenters. The summed E-state index contributed by atoms with van der Waals surface area (Å²) in [7, 11) is 6.41. The number of hydrogen-bond donors (Lipinski definition) is 0. The molecule has 1 aromatic carbocycles. The first-order chi connectivity index (χ1) is 25.1. The summed E-state index contributed by atoms with van der Waals surface area (Å²) in [6, 6.07) is 6.33. The molecule has 8 heteroatoms. The van der Waals surface area contributed by atoms with Crippen LogP contribution in [-0.2, 0) is 35.7 Å². The fourth-order valence-electron chi connectivity index (χ4n) is 10.9. The molecule has 0 N–H and O–H groups in total. The zero-order valence-electron chi connectivity index (χ0n) is 39.2. The van der Waals surface area contributed by atoms with E-state index in [2.05, 4.69) is 165 Å². The fourth-order valence-corrected chi connectivity index (χ4v) is 10.9. The molecule has 3 saturated heterocycles. The molecule has 0 radical (unpaired) electrons. The number of esters is 2. The third-order valence-electron chi connectivity index (χ3n) is 14.8. The molecule has 0 bridgehead atoms. The maximum atomic E-state index is 15.4. The summed E-state index contributed by atoms with van der Waals surface area (Å²) >= 11 is 0. The Kier molecular flexibility index (Phi) is 12.7. The third-order valence-corrected chi connectivity index (χ3v) is 14.8. The average molecular weight is 780 g/mol. The van der Waals surface area contributed by atoms with Gasteiger partial charge in [-0.15, -0.1) is 0 Å². The second kappa shape index (κ2) is 15.4. The van der Waals surface area contributed by atoms with Gasteiger partial charge >= 0.3 is 11.9 Å². The molecule has 3 aliphatic heterocycles. The quantitative estimate of drug-likeness (QED) is 0.172. The van der Waals surface area contributed by atoms with E-state index in [0.29, 0.717) is 32.1 Å². The second-order valence-electron chi connectivity index (χ2n) is 23.3. The van der Waals surface area contributed by atoms with Gasteiger partial charge in [0.1, 0.15) is 18.0 Å². The van der Waals surface area contributed by atoms with Crippen LogP contribution >= 0.6 is 0 Å². The van der Waals surface area contributed by atoms with Gasteiger partial charge in [-0.3, -0.25) is 29.1 Å². The lowest BCUT2D eigenvalue weighted by molar-refractivity contribution is -0.189. The SMILES string of the molecule is Cc1cc(CC(CC(=O)CC2CC(C)(C)N(C)C(C)(C)C2)(C(=O)OC2CC(C)(C)N(C)C(C)(C)C2)C(=O)OC2CC(C)(C)N(C)C(C)(C)C2)cc(C(C)(C)C)c1. The van der Waals surface area contributed by atoms with E-state index in [1.807, 2.05) is 0 Å². The van der Waals surface area contributed by atoms with Crippen LogP contribution in [0.3, 0.4) is 0 Å². The lowest BCUT2D eigenvalue weighted by Crippen LogP contribution is -2.61. The van der Waals surface area contributed by atoms with Gasteiger partial charge in [0, 0.05) is 71.8 Å². The van der Waals surface area contributed by atoms with Gasteiger partial charge in [-0.25, -0.2) is 0 Å². The highest BCUT2D eigenvalue weighted by atomic mass is 16.6. The molecule has 3 aliphatic rings. The molecule has 4 rings (SSSR count). The molecular formula is C48H81N3O5. The number of hydrogen-bond acceptors (Lipinski definition) is 8. The zero-order valence-corrected chi connectivity index (χ0v) is 39.2. The number of Topliss-reactive ketones (excluding diaryl/α,β-unsaturated/α-hetero) is 1. The van der Waals surface area contributed by atoms with Crippen molar-refractivity contribution in [3.63, 3.8) is 0 Å². The van der Waals surface area contributed by atoms with E-state index in [1.54, 1.807) is 0 Å². The molecule has 0 spiro atoms. The summed E-state index contributed by atoms with van der Waals surface area (Å²) in [6.45, 7) is 34.9. The number of ether oxygens (including phenoxy) is 2. The number of benzene rings is 1. The normalized spacial score (nSPS) is 24.8. The molecule has 3 fully saturated rings. The third kappa shape index (κ3) is 9.93. The van der Waals surface area contributed by atoms with Crippen LogP contribution in [0, 0.1) is 18.3 Å². The first-order valence-electron chi connectivity index (χ1n) is 21.4. The summed E-state index contributed by atoms with van der Waals surface area (Å²) in [5, 5.41) is 0. The van der Waals surface area contributed by atoms with E-state index in [9.17, 15) is 4.79 Å². The van der Waals surface area contributed by atoms with E-state index in [4.69, 9.17) is 9.47 Å². The summed E-state index contributed by atoms with van der Waals surface area (Å²) < 4.78 is 13.2. The Bertz CT molecular complexity index is 1520. The molecular weight excluding hydrogens is 699 g/mol. The van der Waals surface area contributed by atoms with Crippen molar-refractivity contribution in [2.24, 2.45) is 11.3 Å². The number of ketones is 1. The van der Waals surface area contributed by atoms with Gasteiger partial charge in [0.2, 0.25) is 0 Å². The number of carbonyl (C=O) groups is 3. The Morgan fingerprint density at radius 3 is 1.32 bits per heavy atom. The van der Waals surface area contributed by atoms with Crippen molar-refractivity contribution >= 4 is 17.7 Å². The lowest BCUT2D eigenvalue weighted by atomic mass is 9.70. The van der Waals surface area contributed by atoms with Gasteiger partial charge in [-0.05, 0) is 153 Å². The summed E-state index contributed by atoms with van der Waals surface area (Å²) in [5.41, 5.74) is -0.215. The minimum Gasteiger partial charge on any atom is -0.461 e. The van der Waals surface area contributed by atoms with E-state index < -0.39 is 29.6 Å². The monoisotopic (exact) mass is 780 g/mol. The van der Waals surface area contributed by atoms with E-state index >= 15 is 9.59 Å². The standard InChI is InChI=1S/C48H81N3O5/c1-32-20-33(22-35(21-32)41(2,3)4)26-48(39(53)55-37-28-44(9,10)50(18)45(11,12)29-37,40(54)56-38-30-46(13,14)51(19)47(15,16)31-38)27-36(52)23-34-24-42(5,6)49(17)43(7,8)25-34/h20-22,34,37-38H,23-31H2,1-19H3. The van der Waals surface area contributed by atoms with E-state index in [1.165, 1.54) is 0 Å². The van der Waals surface area contributed by atoms with E-state index in [-0.39, 0.29) is 63.2 Å². The molecule has 56 heavy (non-hydrogen) atoms. The summed E-state index contributed by atoms with van der Waals surface area (Å²) in [5.74, 6) is -1.24. The van der Waals surface area contributed by atoms with E-state index in [0.717, 1.165) is 29.5 Å². The van der Waals surface area contributed by atoms with Crippen LogP contribution in [0.4, 0.5) is 0 Å². The van der Waals surface area contributed by atoms with Crippen molar-refractivity contribution in [1.29, 1.82) is 0 Å². The molecule has 0 saturated carbocycles. The van der Waals surface area contributed by atoms with Crippen LogP contribution in [0.2, 0.25) is 0 Å². The molecule has 0 aromatic heterocycles. The van der Waals surface area contributed by atoms with Crippen molar-refractivity contribution in [3.05, 3.63) is 34.9 Å². The highest BCUT2D eigenvalue weighted by Gasteiger charge is 2.55. The molecule has 0 atom stereocenters. The highest BCUT2D eigenvalue weighted by Crippen LogP contribution is 2.45. The van der Waals surface area contributed by atoms with Crippen molar-refractivity contribution in [2.75, 3.05) is 21.1 Å². The summed E-state index contributed by atoms with van der Waals surface area (Å²) in [6.07, 6.45) is 3.41. The Balaban J connectivity index is 1.85. The van der Waals surface area contributed by atoms with Crippen LogP contribution in [0.15, 0.2) is 18.2 Å². The number of carbonyl (C=O) groups excluding carboxylic acids is 3. The Labute approximate surface area is 342 Å². The fraction of sp³-hybridized carbons (Fsp3) is 0.812. The Morgan fingerprint density at radius 1 is 0.607 bits per heavy atom. The maximum Gasteiger partial charge on any atom is 0.324 e. The van der Waals surface area contributed by atoms with Gasteiger partial charge in [0.05, 0.1) is 0 Å². The Hall–Kier alpha value is -2.29. The molecule has 3 heterocycles. The van der Waals surface area contributed by atoms with Crippen LogP contribution in [0.1, 0.15) is 172 Å².